The maximum Gasteiger partial charge on any atom is 0.0779 e. The molecule has 1 aliphatic heterocycles. The molecule has 2 nitrogen and oxygen atoms in total. The van der Waals surface area contributed by atoms with Gasteiger partial charge in [0.1, 0.15) is 0 Å². The predicted molar refractivity (Wildman–Crippen MR) is 67.6 cm³/mol. The van der Waals surface area contributed by atoms with Gasteiger partial charge in [0.25, 0.3) is 0 Å². The van der Waals surface area contributed by atoms with Crippen molar-refractivity contribution in [2.75, 3.05) is 13.2 Å². The lowest BCUT2D eigenvalue weighted by atomic mass is 9.73. The standard InChI is InChI=1S/C14H27NO/c1-13(2)8-5-4-7-12(13)15-11-14(3)9-6-10-16-14/h12,15H,4-11H2,1-3H3. The minimum Gasteiger partial charge on any atom is -0.374 e. The zero-order valence-electron chi connectivity index (χ0n) is 11.1. The maximum absolute atomic E-state index is 5.84. The summed E-state index contributed by atoms with van der Waals surface area (Å²) in [5, 5.41) is 3.77. The van der Waals surface area contributed by atoms with Crippen LogP contribution in [0.3, 0.4) is 0 Å². The monoisotopic (exact) mass is 225 g/mol. The van der Waals surface area contributed by atoms with Gasteiger partial charge in [0.2, 0.25) is 0 Å². The summed E-state index contributed by atoms with van der Waals surface area (Å²) < 4.78 is 5.84. The summed E-state index contributed by atoms with van der Waals surface area (Å²) >= 11 is 0. The van der Waals surface area contributed by atoms with Crippen LogP contribution >= 0.6 is 0 Å². The summed E-state index contributed by atoms with van der Waals surface area (Å²) in [6.07, 6.45) is 7.93. The van der Waals surface area contributed by atoms with E-state index < -0.39 is 0 Å². The van der Waals surface area contributed by atoms with E-state index in [1.807, 2.05) is 0 Å². The Bertz CT molecular complexity index is 231. The van der Waals surface area contributed by atoms with Crippen LogP contribution in [0.2, 0.25) is 0 Å². The minimum atomic E-state index is 0.105. The molecule has 0 aromatic carbocycles. The van der Waals surface area contributed by atoms with Crippen LogP contribution in [0.25, 0.3) is 0 Å². The number of hydrogen-bond donors (Lipinski definition) is 1. The molecule has 0 aromatic heterocycles. The van der Waals surface area contributed by atoms with E-state index in [1.54, 1.807) is 0 Å². The van der Waals surface area contributed by atoms with E-state index in [4.69, 9.17) is 4.74 Å². The first-order valence-electron chi connectivity index (χ1n) is 6.89. The Balaban J connectivity index is 1.84. The van der Waals surface area contributed by atoms with E-state index in [-0.39, 0.29) is 5.60 Å². The quantitative estimate of drug-likeness (QED) is 0.797. The fraction of sp³-hybridized carbons (Fsp3) is 1.00. The highest BCUT2D eigenvalue weighted by Crippen LogP contribution is 2.36. The van der Waals surface area contributed by atoms with Crippen LogP contribution in [0.5, 0.6) is 0 Å². The second-order valence-corrected chi connectivity index (χ2v) is 6.57. The second kappa shape index (κ2) is 4.66. The van der Waals surface area contributed by atoms with Crippen molar-refractivity contribution < 1.29 is 4.74 Å². The summed E-state index contributed by atoms with van der Waals surface area (Å²) in [6.45, 7) is 9.04. The van der Waals surface area contributed by atoms with E-state index in [0.717, 1.165) is 13.2 Å². The molecule has 0 aromatic rings. The van der Waals surface area contributed by atoms with Gasteiger partial charge in [-0.15, -0.1) is 0 Å². The van der Waals surface area contributed by atoms with Crippen LogP contribution in [0.4, 0.5) is 0 Å². The fourth-order valence-corrected chi connectivity index (χ4v) is 3.19. The van der Waals surface area contributed by atoms with Crippen LogP contribution in [-0.2, 0) is 4.74 Å². The van der Waals surface area contributed by atoms with E-state index in [1.165, 1.54) is 38.5 Å². The summed E-state index contributed by atoms with van der Waals surface area (Å²) in [5.74, 6) is 0. The first-order chi connectivity index (χ1) is 7.52. The molecular formula is C14H27NO. The number of rotatable bonds is 3. The third-order valence-electron chi connectivity index (χ3n) is 4.53. The van der Waals surface area contributed by atoms with Crippen LogP contribution < -0.4 is 5.32 Å². The number of ether oxygens (including phenoxy) is 1. The van der Waals surface area contributed by atoms with E-state index in [9.17, 15) is 0 Å². The summed E-state index contributed by atoms with van der Waals surface area (Å²) in [4.78, 5) is 0. The van der Waals surface area contributed by atoms with Gasteiger partial charge in [-0.25, -0.2) is 0 Å². The van der Waals surface area contributed by atoms with Gasteiger partial charge < -0.3 is 10.1 Å². The lowest BCUT2D eigenvalue weighted by Gasteiger charge is -2.40. The Morgan fingerprint density at radius 3 is 2.56 bits per heavy atom. The van der Waals surface area contributed by atoms with Crippen molar-refractivity contribution in [3.05, 3.63) is 0 Å². The molecule has 2 heteroatoms. The Morgan fingerprint density at radius 1 is 1.12 bits per heavy atom. The third-order valence-corrected chi connectivity index (χ3v) is 4.53. The van der Waals surface area contributed by atoms with E-state index in [0.29, 0.717) is 11.5 Å². The first-order valence-corrected chi connectivity index (χ1v) is 6.89. The van der Waals surface area contributed by atoms with E-state index >= 15 is 0 Å². The lowest BCUT2D eigenvalue weighted by molar-refractivity contribution is 0.0122. The van der Waals surface area contributed by atoms with Crippen molar-refractivity contribution in [3.63, 3.8) is 0 Å². The van der Waals surface area contributed by atoms with Crippen LogP contribution in [0.1, 0.15) is 59.3 Å². The molecule has 0 amide bonds. The Kier molecular flexibility index (Phi) is 3.60. The smallest absolute Gasteiger partial charge is 0.0779 e. The molecule has 1 saturated heterocycles. The van der Waals surface area contributed by atoms with Gasteiger partial charge in [0.05, 0.1) is 5.60 Å². The van der Waals surface area contributed by atoms with Gasteiger partial charge in [-0.05, 0) is 38.0 Å². The van der Waals surface area contributed by atoms with Gasteiger partial charge in [-0.3, -0.25) is 0 Å². The zero-order valence-corrected chi connectivity index (χ0v) is 11.1. The van der Waals surface area contributed by atoms with Crippen molar-refractivity contribution in [3.8, 4) is 0 Å². The molecule has 0 spiro atoms. The largest absolute Gasteiger partial charge is 0.374 e. The molecule has 2 atom stereocenters. The van der Waals surface area contributed by atoms with Gasteiger partial charge in [-0.1, -0.05) is 26.7 Å². The van der Waals surface area contributed by atoms with Crippen molar-refractivity contribution >= 4 is 0 Å². The Labute approximate surface area is 100 Å². The van der Waals surface area contributed by atoms with Crippen molar-refractivity contribution in [2.24, 2.45) is 5.41 Å². The number of nitrogens with one attached hydrogen (secondary N) is 1. The molecule has 1 saturated carbocycles. The molecule has 1 heterocycles. The molecule has 16 heavy (non-hydrogen) atoms. The Morgan fingerprint density at radius 2 is 1.94 bits per heavy atom. The number of hydrogen-bond acceptors (Lipinski definition) is 2. The average molecular weight is 225 g/mol. The summed E-state index contributed by atoms with van der Waals surface area (Å²) in [7, 11) is 0. The lowest BCUT2D eigenvalue weighted by Crippen LogP contribution is -2.49. The molecular weight excluding hydrogens is 198 g/mol. The first kappa shape index (κ1) is 12.4. The zero-order chi connectivity index (χ0) is 11.6. The molecule has 0 radical (unpaired) electrons. The maximum atomic E-state index is 5.84. The third kappa shape index (κ3) is 2.78. The molecule has 2 rings (SSSR count). The van der Waals surface area contributed by atoms with Gasteiger partial charge >= 0.3 is 0 Å². The average Bonchev–Trinajstić information content (AvgIpc) is 2.64. The van der Waals surface area contributed by atoms with E-state index in [2.05, 4.69) is 26.1 Å². The molecule has 0 bridgehead atoms. The van der Waals surface area contributed by atoms with Crippen molar-refractivity contribution in [1.82, 2.24) is 5.32 Å². The van der Waals surface area contributed by atoms with Crippen LogP contribution in [0.15, 0.2) is 0 Å². The molecule has 94 valence electrons. The molecule has 2 fully saturated rings. The fourth-order valence-electron chi connectivity index (χ4n) is 3.19. The highest BCUT2D eigenvalue weighted by Gasteiger charge is 2.35. The molecule has 1 aliphatic carbocycles. The topological polar surface area (TPSA) is 21.3 Å². The van der Waals surface area contributed by atoms with Crippen LogP contribution in [-0.4, -0.2) is 24.8 Å². The minimum absolute atomic E-state index is 0.105. The highest BCUT2D eigenvalue weighted by atomic mass is 16.5. The normalized spacial score (nSPS) is 38.8. The van der Waals surface area contributed by atoms with Gasteiger partial charge in [-0.2, -0.15) is 0 Å². The van der Waals surface area contributed by atoms with Gasteiger partial charge in [0.15, 0.2) is 0 Å². The predicted octanol–water partition coefficient (Wildman–Crippen LogP) is 3.11. The van der Waals surface area contributed by atoms with Crippen molar-refractivity contribution in [2.45, 2.75) is 70.9 Å². The summed E-state index contributed by atoms with van der Waals surface area (Å²) in [5.41, 5.74) is 0.570. The van der Waals surface area contributed by atoms with Gasteiger partial charge in [0, 0.05) is 19.2 Å². The molecule has 2 aliphatic rings. The second-order valence-electron chi connectivity index (χ2n) is 6.57. The highest BCUT2D eigenvalue weighted by molar-refractivity contribution is 4.91. The summed E-state index contributed by atoms with van der Waals surface area (Å²) in [6, 6.07) is 0.683. The van der Waals surface area contributed by atoms with Crippen molar-refractivity contribution in [1.29, 1.82) is 0 Å². The van der Waals surface area contributed by atoms with Crippen LogP contribution in [0, 0.1) is 5.41 Å². The molecule has 1 N–H and O–H groups in total. The SMILES string of the molecule is CC1(CNC2CCCCC2(C)C)CCCO1. The molecule has 2 unspecified atom stereocenters. The Hall–Kier alpha value is -0.0800.